The Morgan fingerprint density at radius 3 is 2.82 bits per heavy atom. The van der Waals surface area contributed by atoms with Gasteiger partial charge in [-0.15, -0.1) is 0 Å². The van der Waals surface area contributed by atoms with Gasteiger partial charge in [0.15, 0.2) is 20.7 Å². The van der Waals surface area contributed by atoms with Crippen LogP contribution in [-0.2, 0) is 9.84 Å². The minimum atomic E-state index is -3.67. The largest absolute Gasteiger partial charge is 0.276 e. The molecule has 7 nitrogen and oxygen atoms in total. The lowest BCUT2D eigenvalue weighted by Crippen LogP contribution is -2.16. The fraction of sp³-hybridized carbons (Fsp3) is 0.286. The summed E-state index contributed by atoms with van der Waals surface area (Å²) in [5.74, 6) is 1.38. The summed E-state index contributed by atoms with van der Waals surface area (Å²) in [7, 11) is -3.67. The first-order valence-electron chi connectivity index (χ1n) is 6.79. The lowest BCUT2D eigenvalue weighted by atomic mass is 10.1. The summed E-state index contributed by atoms with van der Waals surface area (Å²) in [6.45, 7) is 0. The van der Waals surface area contributed by atoms with Crippen LogP contribution in [0, 0.1) is 11.8 Å². The molecule has 2 unspecified atom stereocenters. The maximum absolute atomic E-state index is 12.0. The molecule has 4 rings (SSSR count). The summed E-state index contributed by atoms with van der Waals surface area (Å²) in [6, 6.07) is 0. The number of fused-ring (bicyclic) bond motifs is 2. The first kappa shape index (κ1) is 13.3. The number of aromatic nitrogens is 4. The summed E-state index contributed by atoms with van der Waals surface area (Å²) in [6.07, 6.45) is 9.52. The normalized spacial score (nSPS) is 23.2. The van der Waals surface area contributed by atoms with E-state index in [2.05, 4.69) is 32.3 Å². The van der Waals surface area contributed by atoms with Crippen molar-refractivity contribution in [2.75, 3.05) is 6.26 Å². The molecule has 0 spiro atoms. The predicted octanol–water partition coefficient (Wildman–Crippen LogP) is 0.706. The second-order valence-electron chi connectivity index (χ2n) is 5.63. The fourth-order valence-corrected chi connectivity index (χ4v) is 3.50. The zero-order valence-electron chi connectivity index (χ0n) is 11.6. The molecule has 2 aromatic rings. The summed E-state index contributed by atoms with van der Waals surface area (Å²) >= 11 is 0. The van der Waals surface area contributed by atoms with Gasteiger partial charge in [-0.3, -0.25) is 4.79 Å². The Morgan fingerprint density at radius 1 is 1.27 bits per heavy atom. The van der Waals surface area contributed by atoms with Crippen LogP contribution in [-0.4, -0.2) is 34.8 Å². The van der Waals surface area contributed by atoms with Gasteiger partial charge in [0.1, 0.15) is 10.9 Å². The quantitative estimate of drug-likeness (QED) is 0.818. The van der Waals surface area contributed by atoms with Gasteiger partial charge in [-0.05, 0) is 18.3 Å². The number of aromatic amines is 1. The highest BCUT2D eigenvalue weighted by atomic mass is 32.2. The Morgan fingerprint density at radius 2 is 2.09 bits per heavy atom. The lowest BCUT2D eigenvalue weighted by Gasteiger charge is -2.08. The summed E-state index contributed by atoms with van der Waals surface area (Å²) in [5, 5.41) is 5.59. The van der Waals surface area contributed by atoms with Crippen LogP contribution >= 0.6 is 0 Å². The van der Waals surface area contributed by atoms with Crippen molar-refractivity contribution in [3.8, 4) is 0 Å². The van der Waals surface area contributed by atoms with Crippen molar-refractivity contribution in [3.05, 3.63) is 40.6 Å². The molecule has 8 heteroatoms. The van der Waals surface area contributed by atoms with E-state index in [1.807, 2.05) is 6.08 Å². The van der Waals surface area contributed by atoms with E-state index in [1.165, 1.54) is 6.20 Å². The van der Waals surface area contributed by atoms with Gasteiger partial charge in [0.2, 0.25) is 0 Å². The summed E-state index contributed by atoms with van der Waals surface area (Å²) in [5.41, 5.74) is 0.395. The highest BCUT2D eigenvalue weighted by Gasteiger charge is 2.35. The van der Waals surface area contributed by atoms with Crippen LogP contribution in [0.3, 0.4) is 0 Å². The van der Waals surface area contributed by atoms with Crippen LogP contribution in [0.2, 0.25) is 0 Å². The zero-order chi connectivity index (χ0) is 15.5. The van der Waals surface area contributed by atoms with E-state index in [0.717, 1.165) is 18.2 Å². The average Bonchev–Trinajstić information content (AvgIpc) is 3.23. The van der Waals surface area contributed by atoms with E-state index in [1.54, 1.807) is 0 Å². The number of hydrogen-bond acceptors (Lipinski definition) is 6. The minimum absolute atomic E-state index is 0.0501. The Balaban J connectivity index is 2.03. The summed E-state index contributed by atoms with van der Waals surface area (Å²) < 4.78 is 24.0. The SMILES string of the molecule is CS(=O)(=O)c1nc(C2=CC3CC3C=C2)nc2cn[nH]c(=O)c12. The highest BCUT2D eigenvalue weighted by Crippen LogP contribution is 2.45. The van der Waals surface area contributed by atoms with E-state index >= 15 is 0 Å². The van der Waals surface area contributed by atoms with Gasteiger partial charge in [-0.1, -0.05) is 18.2 Å². The number of sulfone groups is 1. The zero-order valence-corrected chi connectivity index (χ0v) is 12.5. The Kier molecular flexibility index (Phi) is 2.62. The van der Waals surface area contributed by atoms with Gasteiger partial charge in [-0.25, -0.2) is 23.5 Å². The third-order valence-electron chi connectivity index (χ3n) is 3.90. The first-order valence-corrected chi connectivity index (χ1v) is 8.68. The topological polar surface area (TPSA) is 106 Å². The van der Waals surface area contributed by atoms with Crippen molar-refractivity contribution in [3.63, 3.8) is 0 Å². The monoisotopic (exact) mass is 316 g/mol. The number of allylic oxidation sites excluding steroid dienone is 4. The van der Waals surface area contributed by atoms with Crippen LogP contribution in [0.15, 0.2) is 34.2 Å². The van der Waals surface area contributed by atoms with Crippen LogP contribution in [0.4, 0.5) is 0 Å². The molecule has 0 aromatic carbocycles. The van der Waals surface area contributed by atoms with Crippen LogP contribution in [0.5, 0.6) is 0 Å². The molecule has 0 saturated heterocycles. The van der Waals surface area contributed by atoms with Crippen molar-refractivity contribution in [1.29, 1.82) is 0 Å². The van der Waals surface area contributed by atoms with E-state index in [0.29, 0.717) is 17.7 Å². The van der Waals surface area contributed by atoms with Crippen LogP contribution in [0.25, 0.3) is 16.5 Å². The standard InChI is InChI=1S/C14H12N4O3S/c1-22(20,21)14-11-10(6-15-18-13(11)19)16-12(17-14)8-3-2-7-4-9(7)5-8/h2-3,5-7,9H,4H2,1H3,(H,18,19). The van der Waals surface area contributed by atoms with E-state index in [4.69, 9.17) is 0 Å². The molecule has 1 fully saturated rings. The maximum atomic E-state index is 12.0. The van der Waals surface area contributed by atoms with Gasteiger partial charge in [0, 0.05) is 11.8 Å². The van der Waals surface area contributed by atoms with Crippen molar-refractivity contribution in [2.45, 2.75) is 11.4 Å². The van der Waals surface area contributed by atoms with Crippen molar-refractivity contribution >= 4 is 26.3 Å². The van der Waals surface area contributed by atoms with Crippen molar-refractivity contribution in [1.82, 2.24) is 20.2 Å². The molecule has 0 aliphatic heterocycles. The van der Waals surface area contributed by atoms with Crippen molar-refractivity contribution < 1.29 is 8.42 Å². The third kappa shape index (κ3) is 2.07. The molecule has 1 N–H and O–H groups in total. The first-order chi connectivity index (χ1) is 10.4. The van der Waals surface area contributed by atoms with E-state index in [9.17, 15) is 13.2 Å². The summed E-state index contributed by atoms with van der Waals surface area (Å²) in [4.78, 5) is 20.4. The van der Waals surface area contributed by atoms with Gasteiger partial charge >= 0.3 is 0 Å². The molecule has 2 aliphatic rings. The molecule has 2 atom stereocenters. The molecule has 0 bridgehead atoms. The number of H-pyrrole nitrogens is 1. The minimum Gasteiger partial charge on any atom is -0.267 e. The van der Waals surface area contributed by atoms with Gasteiger partial charge < -0.3 is 0 Å². The van der Waals surface area contributed by atoms with Gasteiger partial charge in [-0.2, -0.15) is 5.10 Å². The molecule has 0 amide bonds. The van der Waals surface area contributed by atoms with Crippen LogP contribution in [0.1, 0.15) is 12.2 Å². The van der Waals surface area contributed by atoms with Gasteiger partial charge in [0.05, 0.1) is 6.20 Å². The maximum Gasteiger partial charge on any atom is 0.276 e. The molecule has 112 valence electrons. The molecule has 2 aliphatic carbocycles. The molecule has 2 heterocycles. The highest BCUT2D eigenvalue weighted by molar-refractivity contribution is 7.90. The van der Waals surface area contributed by atoms with E-state index in [-0.39, 0.29) is 15.9 Å². The second kappa shape index (κ2) is 4.33. The molecule has 1 saturated carbocycles. The number of hydrogen-bond donors (Lipinski definition) is 1. The Bertz CT molecular complexity index is 1020. The molecular weight excluding hydrogens is 304 g/mol. The van der Waals surface area contributed by atoms with Crippen molar-refractivity contribution in [2.24, 2.45) is 11.8 Å². The third-order valence-corrected chi connectivity index (χ3v) is 4.90. The Hall–Kier alpha value is -2.35. The van der Waals surface area contributed by atoms with Gasteiger partial charge in [0.25, 0.3) is 5.56 Å². The molecule has 22 heavy (non-hydrogen) atoms. The molecule has 2 aromatic heterocycles. The smallest absolute Gasteiger partial charge is 0.267 e. The lowest BCUT2D eigenvalue weighted by molar-refractivity contribution is 0.599. The number of rotatable bonds is 2. The molecule has 0 radical (unpaired) electrons. The predicted molar refractivity (Wildman–Crippen MR) is 79.8 cm³/mol. The number of nitrogens with zero attached hydrogens (tertiary/aromatic N) is 3. The number of nitrogens with one attached hydrogen (secondary N) is 1. The fourth-order valence-electron chi connectivity index (χ4n) is 2.68. The van der Waals surface area contributed by atoms with E-state index < -0.39 is 15.4 Å². The Labute approximate surface area is 125 Å². The average molecular weight is 316 g/mol. The van der Waals surface area contributed by atoms with Crippen LogP contribution < -0.4 is 5.56 Å². The second-order valence-corrected chi connectivity index (χ2v) is 7.56. The molecular formula is C14H12N4O3S.